The molecule has 80 valence electrons. The van der Waals surface area contributed by atoms with Gasteiger partial charge in [0, 0.05) is 12.0 Å². The van der Waals surface area contributed by atoms with Gasteiger partial charge in [0.05, 0.1) is 19.3 Å². The molecule has 1 amide bonds. The Balaban J connectivity index is 1.71. The summed E-state index contributed by atoms with van der Waals surface area (Å²) in [6, 6.07) is 0.0413. The Kier molecular flexibility index (Phi) is 2.74. The van der Waals surface area contributed by atoms with E-state index in [0.717, 1.165) is 39.1 Å². The van der Waals surface area contributed by atoms with Crippen molar-refractivity contribution in [2.45, 2.75) is 25.8 Å². The average molecular weight is 198 g/mol. The number of carbonyl (C=O) groups is 1. The molecule has 0 aliphatic carbocycles. The molecule has 0 radical (unpaired) electrons. The third kappa shape index (κ3) is 2.07. The average Bonchev–Trinajstić information content (AvgIpc) is 2.63. The normalized spacial score (nSPS) is 29.6. The Labute approximate surface area is 84.4 Å². The van der Waals surface area contributed by atoms with Crippen molar-refractivity contribution in [3.63, 3.8) is 0 Å². The fourth-order valence-corrected chi connectivity index (χ4v) is 1.88. The second-order valence-corrected chi connectivity index (χ2v) is 4.67. The van der Waals surface area contributed by atoms with E-state index in [9.17, 15) is 4.79 Å². The van der Waals surface area contributed by atoms with Gasteiger partial charge in [-0.25, -0.2) is 0 Å². The van der Waals surface area contributed by atoms with Crippen molar-refractivity contribution in [2.24, 2.45) is 5.41 Å². The number of hydrogen-bond donors (Lipinski definition) is 2. The summed E-state index contributed by atoms with van der Waals surface area (Å²) in [7, 11) is 0. The molecule has 2 saturated heterocycles. The van der Waals surface area contributed by atoms with Crippen LogP contribution in [0.2, 0.25) is 0 Å². The Bertz CT molecular complexity index is 220. The first kappa shape index (κ1) is 9.93. The van der Waals surface area contributed by atoms with E-state index in [-0.39, 0.29) is 17.4 Å². The maximum Gasteiger partial charge on any atom is 0.237 e. The molecular formula is C10H18N2O2. The van der Waals surface area contributed by atoms with Crippen LogP contribution in [0, 0.1) is 5.41 Å². The van der Waals surface area contributed by atoms with Gasteiger partial charge in [0.2, 0.25) is 5.91 Å². The van der Waals surface area contributed by atoms with Crippen LogP contribution in [0.4, 0.5) is 0 Å². The zero-order valence-electron chi connectivity index (χ0n) is 8.64. The fraction of sp³-hybridized carbons (Fsp3) is 0.900. The van der Waals surface area contributed by atoms with E-state index in [4.69, 9.17) is 4.74 Å². The maximum atomic E-state index is 11.6. The Morgan fingerprint density at radius 2 is 2.43 bits per heavy atom. The Hall–Kier alpha value is -0.610. The van der Waals surface area contributed by atoms with Crippen molar-refractivity contribution < 1.29 is 9.53 Å². The van der Waals surface area contributed by atoms with E-state index in [1.165, 1.54) is 0 Å². The van der Waals surface area contributed by atoms with Gasteiger partial charge in [0.1, 0.15) is 0 Å². The van der Waals surface area contributed by atoms with Gasteiger partial charge >= 0.3 is 0 Å². The van der Waals surface area contributed by atoms with Crippen LogP contribution in [0.1, 0.15) is 19.8 Å². The van der Waals surface area contributed by atoms with E-state index < -0.39 is 0 Å². The lowest BCUT2D eigenvalue weighted by molar-refractivity contribution is -0.128. The highest BCUT2D eigenvalue weighted by atomic mass is 16.5. The van der Waals surface area contributed by atoms with Crippen LogP contribution in [0.5, 0.6) is 0 Å². The molecule has 4 heteroatoms. The van der Waals surface area contributed by atoms with Crippen LogP contribution < -0.4 is 10.6 Å². The van der Waals surface area contributed by atoms with E-state index >= 15 is 0 Å². The van der Waals surface area contributed by atoms with E-state index in [2.05, 4.69) is 17.6 Å². The molecule has 0 unspecified atom stereocenters. The highest BCUT2D eigenvalue weighted by Crippen LogP contribution is 2.25. The number of nitrogens with one attached hydrogen (secondary N) is 2. The lowest BCUT2D eigenvalue weighted by Gasteiger charge is -2.38. The lowest BCUT2D eigenvalue weighted by Crippen LogP contribution is -2.51. The van der Waals surface area contributed by atoms with Crippen molar-refractivity contribution in [1.82, 2.24) is 10.6 Å². The summed E-state index contributed by atoms with van der Waals surface area (Å²) >= 11 is 0. The van der Waals surface area contributed by atoms with Gasteiger partial charge in [0.15, 0.2) is 0 Å². The maximum absolute atomic E-state index is 11.6. The minimum atomic E-state index is 0.0413. The number of amides is 1. The highest BCUT2D eigenvalue weighted by molar-refractivity contribution is 5.82. The van der Waals surface area contributed by atoms with Crippen LogP contribution in [0.15, 0.2) is 0 Å². The molecule has 0 spiro atoms. The number of rotatable bonds is 3. The Morgan fingerprint density at radius 3 is 2.93 bits per heavy atom. The molecule has 0 bridgehead atoms. The van der Waals surface area contributed by atoms with Crippen LogP contribution >= 0.6 is 0 Å². The molecule has 0 aromatic heterocycles. The summed E-state index contributed by atoms with van der Waals surface area (Å²) in [6.07, 6.45) is 2.08. The Morgan fingerprint density at radius 1 is 1.64 bits per heavy atom. The predicted octanol–water partition coefficient (Wildman–Crippen LogP) is -0.109. The quantitative estimate of drug-likeness (QED) is 0.665. The molecule has 2 N–H and O–H groups in total. The van der Waals surface area contributed by atoms with Gasteiger partial charge in [0.25, 0.3) is 0 Å². The highest BCUT2D eigenvalue weighted by Gasteiger charge is 2.34. The SMILES string of the molecule is CC1(CNC(=O)[C@@H]2CCCN2)COC1. The molecular weight excluding hydrogens is 180 g/mol. The number of hydrogen-bond acceptors (Lipinski definition) is 3. The number of ether oxygens (including phenoxy) is 1. The summed E-state index contributed by atoms with van der Waals surface area (Å²) in [5, 5.41) is 6.17. The van der Waals surface area contributed by atoms with Crippen LogP contribution in [0.3, 0.4) is 0 Å². The summed E-state index contributed by atoms with van der Waals surface area (Å²) < 4.78 is 5.13. The summed E-state index contributed by atoms with van der Waals surface area (Å²) in [5.74, 6) is 0.149. The predicted molar refractivity (Wildman–Crippen MR) is 53.0 cm³/mol. The smallest absolute Gasteiger partial charge is 0.237 e. The van der Waals surface area contributed by atoms with Crippen molar-refractivity contribution in [2.75, 3.05) is 26.3 Å². The molecule has 0 saturated carbocycles. The molecule has 2 aliphatic heterocycles. The standard InChI is InChI=1S/C10H18N2O2/c1-10(6-14-7-10)5-12-9(13)8-3-2-4-11-8/h8,11H,2-7H2,1H3,(H,12,13)/t8-/m0/s1. The van der Waals surface area contributed by atoms with Crippen LogP contribution in [0.25, 0.3) is 0 Å². The first-order valence-corrected chi connectivity index (χ1v) is 5.28. The van der Waals surface area contributed by atoms with E-state index in [1.54, 1.807) is 0 Å². The zero-order valence-corrected chi connectivity index (χ0v) is 8.64. The van der Waals surface area contributed by atoms with Crippen molar-refractivity contribution in [3.8, 4) is 0 Å². The molecule has 2 aliphatic rings. The molecule has 1 atom stereocenters. The van der Waals surface area contributed by atoms with Gasteiger partial charge in [-0.1, -0.05) is 6.92 Å². The summed E-state index contributed by atoms with van der Waals surface area (Å²) in [6.45, 7) is 5.39. The van der Waals surface area contributed by atoms with E-state index in [0.29, 0.717) is 0 Å². The molecule has 2 heterocycles. The third-order valence-corrected chi connectivity index (χ3v) is 2.97. The monoisotopic (exact) mass is 198 g/mol. The lowest BCUT2D eigenvalue weighted by atomic mass is 9.88. The second kappa shape index (κ2) is 3.87. The van der Waals surface area contributed by atoms with Crippen molar-refractivity contribution >= 4 is 5.91 Å². The first-order chi connectivity index (χ1) is 6.70. The molecule has 14 heavy (non-hydrogen) atoms. The molecule has 2 rings (SSSR count). The molecule has 4 nitrogen and oxygen atoms in total. The third-order valence-electron chi connectivity index (χ3n) is 2.97. The minimum absolute atomic E-state index is 0.0413. The minimum Gasteiger partial charge on any atom is -0.380 e. The zero-order chi connectivity index (χ0) is 10.0. The second-order valence-electron chi connectivity index (χ2n) is 4.67. The van der Waals surface area contributed by atoms with Gasteiger partial charge in [-0.3, -0.25) is 4.79 Å². The van der Waals surface area contributed by atoms with Crippen molar-refractivity contribution in [1.29, 1.82) is 0 Å². The number of carbonyl (C=O) groups excluding carboxylic acids is 1. The first-order valence-electron chi connectivity index (χ1n) is 5.28. The van der Waals surface area contributed by atoms with Crippen LogP contribution in [-0.4, -0.2) is 38.3 Å². The summed E-state index contributed by atoms with van der Waals surface area (Å²) in [5.41, 5.74) is 0.175. The fourth-order valence-electron chi connectivity index (χ4n) is 1.88. The van der Waals surface area contributed by atoms with Gasteiger partial charge in [-0.2, -0.15) is 0 Å². The van der Waals surface area contributed by atoms with Gasteiger partial charge in [-0.15, -0.1) is 0 Å². The molecule has 0 aromatic carbocycles. The molecule has 2 fully saturated rings. The summed E-state index contributed by atoms with van der Waals surface area (Å²) in [4.78, 5) is 11.6. The molecule has 0 aromatic rings. The topological polar surface area (TPSA) is 50.4 Å². The van der Waals surface area contributed by atoms with Crippen molar-refractivity contribution in [3.05, 3.63) is 0 Å². The van der Waals surface area contributed by atoms with Gasteiger partial charge < -0.3 is 15.4 Å². The van der Waals surface area contributed by atoms with Gasteiger partial charge in [-0.05, 0) is 19.4 Å². The van der Waals surface area contributed by atoms with Crippen LogP contribution in [-0.2, 0) is 9.53 Å². The van der Waals surface area contributed by atoms with E-state index in [1.807, 2.05) is 0 Å². The largest absolute Gasteiger partial charge is 0.380 e.